The van der Waals surface area contributed by atoms with Gasteiger partial charge in [0.2, 0.25) is 0 Å². The lowest BCUT2D eigenvalue weighted by Crippen LogP contribution is -2.41. The van der Waals surface area contributed by atoms with Gasteiger partial charge in [0.05, 0.1) is 19.8 Å². The van der Waals surface area contributed by atoms with Crippen molar-refractivity contribution in [2.75, 3.05) is 52.5 Å². The first-order valence-corrected chi connectivity index (χ1v) is 9.70. The van der Waals surface area contributed by atoms with Crippen LogP contribution in [0.2, 0.25) is 0 Å². The molecule has 1 saturated carbocycles. The molecule has 0 radical (unpaired) electrons. The Morgan fingerprint density at radius 2 is 1.88 bits per heavy atom. The molecule has 1 aliphatic carbocycles. The molecule has 1 aromatic rings. The minimum Gasteiger partial charge on any atom is -0.379 e. The van der Waals surface area contributed by atoms with E-state index in [1.165, 1.54) is 18.4 Å². The molecular weight excluding hydrogens is 439 g/mol. The Morgan fingerprint density at radius 3 is 2.54 bits per heavy atom. The van der Waals surface area contributed by atoms with Crippen molar-refractivity contribution < 1.29 is 4.74 Å². The maximum atomic E-state index is 5.40. The van der Waals surface area contributed by atoms with Crippen molar-refractivity contribution in [1.82, 2.24) is 15.5 Å². The van der Waals surface area contributed by atoms with Gasteiger partial charge >= 0.3 is 0 Å². The average Bonchev–Trinajstić information content (AvgIpc) is 3.46. The molecule has 0 spiro atoms. The molecule has 2 N–H and O–H groups in total. The number of rotatable bonds is 8. The number of nitrogens with zero attached hydrogens (tertiary/aromatic N) is 2. The van der Waals surface area contributed by atoms with E-state index in [9.17, 15) is 0 Å². The quantitative estimate of drug-likeness (QED) is 0.265. The molecular formula is C20H33IN4O. The fraction of sp³-hybridized carbons (Fsp3) is 0.650. The lowest BCUT2D eigenvalue weighted by Gasteiger charge is -2.26. The van der Waals surface area contributed by atoms with E-state index in [4.69, 9.17) is 9.73 Å². The molecule has 2 fully saturated rings. The van der Waals surface area contributed by atoms with Crippen molar-refractivity contribution >= 4 is 29.9 Å². The Hall–Kier alpha value is -0.860. The van der Waals surface area contributed by atoms with Crippen molar-refractivity contribution in [3.63, 3.8) is 0 Å². The van der Waals surface area contributed by atoms with Crippen LogP contribution in [0.5, 0.6) is 0 Å². The van der Waals surface area contributed by atoms with Crippen LogP contribution in [0.25, 0.3) is 0 Å². The van der Waals surface area contributed by atoms with E-state index in [0.717, 1.165) is 64.9 Å². The first kappa shape index (κ1) is 21.4. The molecule has 0 amide bonds. The molecule has 1 saturated heterocycles. The van der Waals surface area contributed by atoms with Crippen molar-refractivity contribution in [2.45, 2.75) is 31.6 Å². The van der Waals surface area contributed by atoms with E-state index in [1.54, 1.807) is 0 Å². The minimum atomic E-state index is 0. The number of ether oxygens (including phenoxy) is 1. The van der Waals surface area contributed by atoms with Crippen LogP contribution in [0.4, 0.5) is 0 Å². The van der Waals surface area contributed by atoms with E-state index in [-0.39, 0.29) is 29.4 Å². The topological polar surface area (TPSA) is 48.9 Å². The van der Waals surface area contributed by atoms with Crippen LogP contribution in [0.3, 0.4) is 0 Å². The number of nitrogens with one attached hydrogen (secondary N) is 2. The molecule has 1 heterocycles. The number of guanidine groups is 1. The number of benzene rings is 1. The van der Waals surface area contributed by atoms with Crippen molar-refractivity contribution in [3.05, 3.63) is 35.9 Å². The zero-order valence-electron chi connectivity index (χ0n) is 15.9. The molecule has 0 atom stereocenters. The van der Waals surface area contributed by atoms with Gasteiger partial charge in [-0.2, -0.15) is 0 Å². The Labute approximate surface area is 175 Å². The van der Waals surface area contributed by atoms with Crippen LogP contribution in [-0.4, -0.2) is 63.3 Å². The fourth-order valence-corrected chi connectivity index (χ4v) is 3.39. The first-order valence-electron chi connectivity index (χ1n) is 9.70. The standard InChI is InChI=1S/C20H32N4O.HI/c1-2-21-19(22-11-6-12-24-13-15-25-16-14-24)23-17-20(9-10-20)18-7-4-3-5-8-18;/h3-5,7-8H,2,6,9-17H2,1H3,(H2,21,22,23);1H. The Kier molecular flexibility index (Phi) is 9.15. The molecule has 2 aliphatic rings. The Balaban J connectivity index is 0.00000243. The Bertz CT molecular complexity index is 542. The highest BCUT2D eigenvalue weighted by atomic mass is 127. The van der Waals surface area contributed by atoms with E-state index < -0.39 is 0 Å². The van der Waals surface area contributed by atoms with Gasteiger partial charge in [0.1, 0.15) is 0 Å². The van der Waals surface area contributed by atoms with E-state index >= 15 is 0 Å². The van der Waals surface area contributed by atoms with Gasteiger partial charge in [-0.25, -0.2) is 0 Å². The molecule has 0 unspecified atom stereocenters. The molecule has 5 nitrogen and oxygen atoms in total. The number of halogens is 1. The summed E-state index contributed by atoms with van der Waals surface area (Å²) in [5.41, 5.74) is 1.71. The summed E-state index contributed by atoms with van der Waals surface area (Å²) >= 11 is 0. The monoisotopic (exact) mass is 472 g/mol. The lowest BCUT2D eigenvalue weighted by molar-refractivity contribution is 0.0376. The molecule has 1 aliphatic heterocycles. The van der Waals surface area contributed by atoms with Crippen LogP contribution in [0, 0.1) is 0 Å². The summed E-state index contributed by atoms with van der Waals surface area (Å²) in [6.45, 7) is 9.85. The number of morpholine rings is 1. The summed E-state index contributed by atoms with van der Waals surface area (Å²) in [6.07, 6.45) is 3.63. The van der Waals surface area contributed by atoms with Gasteiger partial charge in [-0.15, -0.1) is 24.0 Å². The summed E-state index contributed by atoms with van der Waals surface area (Å²) in [4.78, 5) is 7.35. The van der Waals surface area contributed by atoms with E-state index in [2.05, 4.69) is 52.8 Å². The van der Waals surface area contributed by atoms with Gasteiger partial charge in [-0.3, -0.25) is 9.89 Å². The molecule has 0 bridgehead atoms. The first-order chi connectivity index (χ1) is 12.3. The van der Waals surface area contributed by atoms with Crippen molar-refractivity contribution in [2.24, 2.45) is 4.99 Å². The Morgan fingerprint density at radius 1 is 1.15 bits per heavy atom. The van der Waals surface area contributed by atoms with Gasteiger partial charge in [0.15, 0.2) is 5.96 Å². The maximum absolute atomic E-state index is 5.40. The second-order valence-corrected chi connectivity index (χ2v) is 7.08. The predicted molar refractivity (Wildman–Crippen MR) is 119 cm³/mol. The maximum Gasteiger partial charge on any atom is 0.191 e. The van der Waals surface area contributed by atoms with Crippen LogP contribution in [0.1, 0.15) is 31.7 Å². The van der Waals surface area contributed by atoms with Crippen LogP contribution in [-0.2, 0) is 10.2 Å². The SMILES string of the molecule is CCNC(=NCC1(c2ccccc2)CC1)NCCCN1CCOCC1.I. The van der Waals surface area contributed by atoms with Gasteiger partial charge in [-0.1, -0.05) is 30.3 Å². The summed E-state index contributed by atoms with van der Waals surface area (Å²) in [5.74, 6) is 0.951. The van der Waals surface area contributed by atoms with E-state index in [0.29, 0.717) is 0 Å². The van der Waals surface area contributed by atoms with Crippen LogP contribution < -0.4 is 10.6 Å². The summed E-state index contributed by atoms with van der Waals surface area (Å²) < 4.78 is 5.40. The summed E-state index contributed by atoms with van der Waals surface area (Å²) in [5, 5.41) is 6.87. The second kappa shape index (κ2) is 11.1. The van der Waals surface area contributed by atoms with Crippen molar-refractivity contribution in [1.29, 1.82) is 0 Å². The smallest absolute Gasteiger partial charge is 0.191 e. The number of hydrogen-bond acceptors (Lipinski definition) is 3. The second-order valence-electron chi connectivity index (χ2n) is 7.08. The normalized spacial score (nSPS) is 19.5. The number of aliphatic imine (C=N–C) groups is 1. The van der Waals surface area contributed by atoms with Gasteiger partial charge in [0, 0.05) is 31.6 Å². The highest BCUT2D eigenvalue weighted by Crippen LogP contribution is 2.48. The molecule has 26 heavy (non-hydrogen) atoms. The molecule has 146 valence electrons. The van der Waals surface area contributed by atoms with Gasteiger partial charge in [-0.05, 0) is 38.3 Å². The predicted octanol–water partition coefficient (Wildman–Crippen LogP) is 2.61. The molecule has 1 aromatic carbocycles. The zero-order valence-corrected chi connectivity index (χ0v) is 18.2. The highest BCUT2D eigenvalue weighted by molar-refractivity contribution is 14.0. The fourth-order valence-electron chi connectivity index (χ4n) is 3.39. The molecule has 6 heteroatoms. The molecule has 0 aromatic heterocycles. The van der Waals surface area contributed by atoms with Gasteiger partial charge in [0.25, 0.3) is 0 Å². The third-order valence-electron chi connectivity index (χ3n) is 5.17. The summed E-state index contributed by atoms with van der Waals surface area (Å²) in [7, 11) is 0. The molecule has 3 rings (SSSR count). The zero-order chi connectivity index (χ0) is 17.4. The number of hydrogen-bond donors (Lipinski definition) is 2. The van der Waals surface area contributed by atoms with Gasteiger partial charge < -0.3 is 15.4 Å². The highest BCUT2D eigenvalue weighted by Gasteiger charge is 2.43. The van der Waals surface area contributed by atoms with E-state index in [1.807, 2.05) is 0 Å². The van der Waals surface area contributed by atoms with Crippen LogP contribution >= 0.6 is 24.0 Å². The average molecular weight is 472 g/mol. The third-order valence-corrected chi connectivity index (χ3v) is 5.17. The summed E-state index contributed by atoms with van der Waals surface area (Å²) in [6, 6.07) is 10.8. The minimum absolute atomic E-state index is 0. The largest absolute Gasteiger partial charge is 0.379 e. The third kappa shape index (κ3) is 6.39. The van der Waals surface area contributed by atoms with Crippen molar-refractivity contribution in [3.8, 4) is 0 Å². The lowest BCUT2D eigenvalue weighted by atomic mass is 9.96. The van der Waals surface area contributed by atoms with Crippen LogP contribution in [0.15, 0.2) is 35.3 Å².